The van der Waals surface area contributed by atoms with Gasteiger partial charge in [0.05, 0.1) is 13.0 Å². The first-order chi connectivity index (χ1) is 5.27. The maximum Gasteiger partial charge on any atom is 0.305 e. The summed E-state index contributed by atoms with van der Waals surface area (Å²) in [6.45, 7) is 2.23. The molecule has 0 atom stereocenters. The molecule has 0 amide bonds. The Labute approximate surface area is 66.2 Å². The van der Waals surface area contributed by atoms with Crippen molar-refractivity contribution < 1.29 is 15.0 Å². The molecule has 11 heavy (non-hydrogen) atoms. The number of aliphatic hydroxyl groups is 1. The summed E-state index contributed by atoms with van der Waals surface area (Å²) < 4.78 is 0. The van der Waals surface area contributed by atoms with Crippen molar-refractivity contribution in [3.63, 3.8) is 0 Å². The number of hydrogen-bond acceptors (Lipinski definition) is 3. The summed E-state index contributed by atoms with van der Waals surface area (Å²) in [5.74, 6) is -0.961. The standard InChI is InChI=1S/C4H9N.C3H6O3/c1-2-4-5-3-1;4-2-1-3(5)6/h5H,1-4H2;4H,1-2H2,(H,5,6). The van der Waals surface area contributed by atoms with Gasteiger partial charge in [0.15, 0.2) is 0 Å². The van der Waals surface area contributed by atoms with E-state index in [2.05, 4.69) is 5.32 Å². The first-order valence-corrected chi connectivity index (χ1v) is 3.80. The fraction of sp³-hybridized carbons (Fsp3) is 0.857. The van der Waals surface area contributed by atoms with Crippen LogP contribution in [0.15, 0.2) is 0 Å². The summed E-state index contributed by atoms with van der Waals surface area (Å²) in [6, 6.07) is 0. The van der Waals surface area contributed by atoms with Crippen molar-refractivity contribution in [2.75, 3.05) is 19.7 Å². The molecule has 3 N–H and O–H groups in total. The Morgan fingerprint density at radius 1 is 1.36 bits per heavy atom. The molecule has 0 aromatic heterocycles. The minimum absolute atomic E-state index is 0.153. The Morgan fingerprint density at radius 3 is 2.00 bits per heavy atom. The van der Waals surface area contributed by atoms with E-state index in [0.29, 0.717) is 0 Å². The number of nitrogens with one attached hydrogen (secondary N) is 1. The number of aliphatic hydroxyl groups excluding tert-OH is 1. The first kappa shape index (κ1) is 10.4. The third-order valence-corrected chi connectivity index (χ3v) is 1.28. The number of hydrogen-bond donors (Lipinski definition) is 3. The van der Waals surface area contributed by atoms with E-state index in [0.717, 1.165) is 0 Å². The van der Waals surface area contributed by atoms with Crippen molar-refractivity contribution in [3.8, 4) is 0 Å². The van der Waals surface area contributed by atoms with Gasteiger partial charge in [0.2, 0.25) is 0 Å². The quantitative estimate of drug-likeness (QED) is 0.525. The van der Waals surface area contributed by atoms with Gasteiger partial charge in [0.1, 0.15) is 0 Å². The molecule has 1 aliphatic heterocycles. The van der Waals surface area contributed by atoms with Crippen LogP contribution in [0, 0.1) is 0 Å². The molecule has 0 spiro atoms. The van der Waals surface area contributed by atoms with Crippen molar-refractivity contribution in [2.45, 2.75) is 19.3 Å². The molecule has 1 rings (SSSR count). The predicted molar refractivity (Wildman–Crippen MR) is 41.4 cm³/mol. The van der Waals surface area contributed by atoms with Gasteiger partial charge in [0.25, 0.3) is 0 Å². The van der Waals surface area contributed by atoms with E-state index in [1.165, 1.54) is 25.9 Å². The first-order valence-electron chi connectivity index (χ1n) is 3.80. The minimum Gasteiger partial charge on any atom is -0.481 e. The lowest BCUT2D eigenvalue weighted by molar-refractivity contribution is -0.137. The van der Waals surface area contributed by atoms with Gasteiger partial charge in [-0.25, -0.2) is 0 Å². The second-order valence-corrected chi connectivity index (χ2v) is 2.32. The van der Waals surface area contributed by atoms with Crippen LogP contribution >= 0.6 is 0 Å². The lowest BCUT2D eigenvalue weighted by atomic mass is 10.4. The molecule has 0 aliphatic carbocycles. The minimum atomic E-state index is -0.961. The summed E-state index contributed by atoms with van der Waals surface area (Å²) in [6.07, 6.45) is 2.62. The number of aliphatic carboxylic acids is 1. The van der Waals surface area contributed by atoms with Gasteiger partial charge >= 0.3 is 5.97 Å². The highest BCUT2D eigenvalue weighted by Gasteiger charge is 1.93. The monoisotopic (exact) mass is 161 g/mol. The van der Waals surface area contributed by atoms with Crippen LogP contribution in [0.25, 0.3) is 0 Å². The number of carboxylic acid groups (broad SMARTS) is 1. The predicted octanol–water partition coefficient (Wildman–Crippen LogP) is -0.177. The fourth-order valence-electron chi connectivity index (χ4n) is 0.721. The zero-order valence-electron chi connectivity index (χ0n) is 6.55. The van der Waals surface area contributed by atoms with Crippen molar-refractivity contribution in [2.24, 2.45) is 0 Å². The van der Waals surface area contributed by atoms with Gasteiger partial charge in [0, 0.05) is 0 Å². The second-order valence-electron chi connectivity index (χ2n) is 2.32. The summed E-state index contributed by atoms with van der Waals surface area (Å²) in [5, 5.41) is 18.8. The average Bonchev–Trinajstić information content (AvgIpc) is 2.41. The maximum atomic E-state index is 9.44. The van der Waals surface area contributed by atoms with Crippen LogP contribution in [-0.4, -0.2) is 35.9 Å². The van der Waals surface area contributed by atoms with Crippen LogP contribution in [-0.2, 0) is 4.79 Å². The van der Waals surface area contributed by atoms with Crippen LogP contribution in [0.1, 0.15) is 19.3 Å². The maximum absolute atomic E-state index is 9.44. The Bertz CT molecular complexity index is 94.2. The van der Waals surface area contributed by atoms with Crippen molar-refractivity contribution in [3.05, 3.63) is 0 Å². The Hall–Kier alpha value is -0.610. The highest BCUT2D eigenvalue weighted by atomic mass is 16.4. The molecule has 0 bridgehead atoms. The van der Waals surface area contributed by atoms with Gasteiger partial charge in [-0.3, -0.25) is 4.79 Å². The zero-order valence-corrected chi connectivity index (χ0v) is 6.55. The molecule has 0 radical (unpaired) electrons. The van der Waals surface area contributed by atoms with E-state index in [1.54, 1.807) is 0 Å². The highest BCUT2D eigenvalue weighted by molar-refractivity contribution is 5.66. The van der Waals surface area contributed by atoms with Gasteiger partial charge in [-0.05, 0) is 25.9 Å². The summed E-state index contributed by atoms with van der Waals surface area (Å²) in [5.41, 5.74) is 0. The number of rotatable bonds is 2. The van der Waals surface area contributed by atoms with E-state index >= 15 is 0 Å². The topological polar surface area (TPSA) is 69.6 Å². The van der Waals surface area contributed by atoms with Crippen LogP contribution in [0.3, 0.4) is 0 Å². The molecule has 1 saturated heterocycles. The van der Waals surface area contributed by atoms with Crippen molar-refractivity contribution in [1.29, 1.82) is 0 Å². The van der Waals surface area contributed by atoms with E-state index in [1.807, 2.05) is 0 Å². The lowest BCUT2D eigenvalue weighted by Gasteiger charge is -1.79. The Morgan fingerprint density at radius 2 is 1.91 bits per heavy atom. The normalized spacial score (nSPS) is 15.4. The van der Waals surface area contributed by atoms with Gasteiger partial charge < -0.3 is 15.5 Å². The van der Waals surface area contributed by atoms with Crippen LogP contribution in [0.5, 0.6) is 0 Å². The zero-order chi connectivity index (χ0) is 8.53. The molecule has 0 aromatic rings. The van der Waals surface area contributed by atoms with Crippen LogP contribution < -0.4 is 5.32 Å². The molecule has 0 unspecified atom stereocenters. The molecule has 4 heteroatoms. The van der Waals surface area contributed by atoms with E-state index in [9.17, 15) is 4.79 Å². The highest BCUT2D eigenvalue weighted by Crippen LogP contribution is 1.90. The Balaban J connectivity index is 0.000000183. The third kappa shape index (κ3) is 9.39. The number of carbonyl (C=O) groups is 1. The van der Waals surface area contributed by atoms with Crippen LogP contribution in [0.2, 0.25) is 0 Å². The van der Waals surface area contributed by atoms with Gasteiger partial charge in [-0.15, -0.1) is 0 Å². The van der Waals surface area contributed by atoms with Crippen molar-refractivity contribution >= 4 is 5.97 Å². The second kappa shape index (κ2) is 7.50. The van der Waals surface area contributed by atoms with E-state index in [-0.39, 0.29) is 13.0 Å². The molecule has 1 heterocycles. The van der Waals surface area contributed by atoms with E-state index < -0.39 is 5.97 Å². The average molecular weight is 161 g/mol. The molecule has 0 saturated carbocycles. The van der Waals surface area contributed by atoms with Gasteiger partial charge in [-0.2, -0.15) is 0 Å². The molecule has 1 aliphatic rings. The molecule has 1 fully saturated rings. The molecule has 4 nitrogen and oxygen atoms in total. The third-order valence-electron chi connectivity index (χ3n) is 1.28. The molecular weight excluding hydrogens is 146 g/mol. The molecular formula is C7H15NO3. The molecule has 0 aromatic carbocycles. The SMILES string of the molecule is C1CCNC1.O=C(O)CCO. The van der Waals surface area contributed by atoms with Crippen LogP contribution in [0.4, 0.5) is 0 Å². The van der Waals surface area contributed by atoms with E-state index in [4.69, 9.17) is 10.2 Å². The number of carboxylic acids is 1. The molecule has 66 valence electrons. The fourth-order valence-corrected chi connectivity index (χ4v) is 0.721. The smallest absolute Gasteiger partial charge is 0.305 e. The summed E-state index contributed by atoms with van der Waals surface area (Å²) in [7, 11) is 0. The lowest BCUT2D eigenvalue weighted by Crippen LogP contribution is -2.03. The van der Waals surface area contributed by atoms with Gasteiger partial charge in [-0.1, -0.05) is 0 Å². The Kier molecular flexibility index (Phi) is 7.08. The van der Waals surface area contributed by atoms with Crippen molar-refractivity contribution in [1.82, 2.24) is 5.32 Å². The largest absolute Gasteiger partial charge is 0.481 e. The summed E-state index contributed by atoms with van der Waals surface area (Å²) >= 11 is 0. The summed E-state index contributed by atoms with van der Waals surface area (Å²) in [4.78, 5) is 9.44.